The van der Waals surface area contributed by atoms with E-state index in [1.165, 1.54) is 0 Å². The molecule has 0 aliphatic heterocycles. The second-order valence-corrected chi connectivity index (χ2v) is 6.63. The van der Waals surface area contributed by atoms with Crippen LogP contribution in [-0.2, 0) is 0 Å². The molecule has 0 amide bonds. The van der Waals surface area contributed by atoms with Crippen LogP contribution in [0.4, 0.5) is 30.7 Å². The smallest absolute Gasteiger partial charge is 0.244 e. The van der Waals surface area contributed by atoms with Crippen molar-refractivity contribution in [3.63, 3.8) is 0 Å². The van der Waals surface area contributed by atoms with Gasteiger partial charge in [0.1, 0.15) is 11.3 Å². The lowest BCUT2D eigenvalue weighted by Crippen LogP contribution is -2.69. The summed E-state index contributed by atoms with van der Waals surface area (Å²) in [5, 5.41) is 0. The number of alkyl halides is 7. The van der Waals surface area contributed by atoms with Crippen molar-refractivity contribution >= 4 is 0 Å². The van der Waals surface area contributed by atoms with Crippen LogP contribution in [-0.4, -0.2) is 23.4 Å². The Morgan fingerprint density at radius 3 is 1.74 bits per heavy atom. The van der Waals surface area contributed by atoms with Gasteiger partial charge in [-0.3, -0.25) is 0 Å². The van der Waals surface area contributed by atoms with Gasteiger partial charge in [0, 0.05) is 17.8 Å². The average molecular weight is 290 g/mol. The summed E-state index contributed by atoms with van der Waals surface area (Å²) < 4.78 is 94.8. The summed E-state index contributed by atoms with van der Waals surface area (Å²) >= 11 is 0. The third-order valence-corrected chi connectivity index (χ3v) is 4.93. The van der Waals surface area contributed by atoms with Gasteiger partial charge in [0.15, 0.2) is 0 Å². The van der Waals surface area contributed by atoms with Gasteiger partial charge in [-0.1, -0.05) is 0 Å². The molecule has 0 N–H and O–H groups in total. The zero-order valence-corrected chi connectivity index (χ0v) is 9.97. The van der Waals surface area contributed by atoms with Gasteiger partial charge in [-0.25, -0.2) is 17.6 Å². The highest BCUT2D eigenvalue weighted by Crippen LogP contribution is 2.72. The molecule has 2 atom stereocenters. The van der Waals surface area contributed by atoms with Crippen LogP contribution >= 0.6 is 0 Å². The van der Waals surface area contributed by atoms with Crippen LogP contribution in [0, 0.1) is 11.3 Å². The SMILES string of the molecule is FC(F)(F)CC12CC3(F)CC(CC(F)(C3)C1)C2(F)F. The Bertz CT molecular complexity index is 389. The fraction of sp³-hybridized carbons (Fsp3) is 1.00. The molecule has 4 rings (SSSR count). The first kappa shape index (κ1) is 13.5. The summed E-state index contributed by atoms with van der Waals surface area (Å²) in [4.78, 5) is 0. The summed E-state index contributed by atoms with van der Waals surface area (Å²) in [6, 6.07) is 0. The van der Waals surface area contributed by atoms with Gasteiger partial charge in [-0.2, -0.15) is 13.2 Å². The van der Waals surface area contributed by atoms with Gasteiger partial charge in [-0.05, 0) is 25.7 Å². The Hall–Kier alpha value is -0.490. The lowest BCUT2D eigenvalue weighted by molar-refractivity contribution is -0.325. The van der Waals surface area contributed by atoms with Crippen LogP contribution in [0.2, 0.25) is 0 Å². The molecule has 4 fully saturated rings. The van der Waals surface area contributed by atoms with Crippen molar-refractivity contribution < 1.29 is 30.7 Å². The first-order valence-corrected chi connectivity index (χ1v) is 6.21. The molecule has 4 saturated carbocycles. The molecule has 2 unspecified atom stereocenters. The third kappa shape index (κ3) is 1.79. The highest BCUT2D eigenvalue weighted by molar-refractivity contribution is 5.21. The molecule has 4 bridgehead atoms. The van der Waals surface area contributed by atoms with Crippen molar-refractivity contribution in [1.29, 1.82) is 0 Å². The maximum atomic E-state index is 14.4. The van der Waals surface area contributed by atoms with E-state index in [2.05, 4.69) is 0 Å². The van der Waals surface area contributed by atoms with Crippen molar-refractivity contribution in [2.75, 3.05) is 0 Å². The Morgan fingerprint density at radius 1 is 0.842 bits per heavy atom. The summed E-state index contributed by atoms with van der Waals surface area (Å²) in [6.07, 6.45) is -9.99. The van der Waals surface area contributed by atoms with Gasteiger partial charge in [0.25, 0.3) is 5.92 Å². The predicted molar refractivity (Wildman–Crippen MR) is 52.3 cm³/mol. The number of halogens is 7. The standard InChI is InChI=1S/C12H13F7/c13-9-1-7-2-10(14,6-9)4-8(3-9,12(7,18)19)5-11(15,16)17/h7H,1-6H2. The molecule has 4 aliphatic carbocycles. The Balaban J connectivity index is 2.06. The van der Waals surface area contributed by atoms with Crippen molar-refractivity contribution in [3.8, 4) is 0 Å². The lowest BCUT2D eigenvalue weighted by atomic mass is 9.44. The monoisotopic (exact) mass is 290 g/mol. The molecule has 0 aromatic rings. The Morgan fingerprint density at radius 2 is 1.32 bits per heavy atom. The second kappa shape index (κ2) is 3.22. The van der Waals surface area contributed by atoms with E-state index < -0.39 is 73.3 Å². The van der Waals surface area contributed by atoms with Crippen LogP contribution in [0.5, 0.6) is 0 Å². The van der Waals surface area contributed by atoms with E-state index in [1.54, 1.807) is 0 Å². The molecular weight excluding hydrogens is 277 g/mol. The molecule has 0 aromatic heterocycles. The molecule has 0 heterocycles. The fourth-order valence-corrected chi connectivity index (χ4v) is 4.76. The zero-order chi connectivity index (χ0) is 14.3. The fourth-order valence-electron chi connectivity index (χ4n) is 4.76. The quantitative estimate of drug-likeness (QED) is 0.620. The highest BCUT2D eigenvalue weighted by atomic mass is 19.4. The maximum absolute atomic E-state index is 14.4. The normalized spacial score (nSPS) is 51.6. The predicted octanol–water partition coefficient (Wildman–Crippen LogP) is 4.58. The first-order chi connectivity index (χ1) is 8.39. The lowest BCUT2D eigenvalue weighted by Gasteiger charge is -2.64. The Kier molecular flexibility index (Phi) is 2.29. The van der Waals surface area contributed by atoms with Gasteiger partial charge < -0.3 is 0 Å². The van der Waals surface area contributed by atoms with Gasteiger partial charge in [0.05, 0.1) is 6.42 Å². The molecule has 110 valence electrons. The molecule has 0 spiro atoms. The molecular formula is C12H13F7. The molecule has 4 aliphatic rings. The summed E-state index contributed by atoms with van der Waals surface area (Å²) in [7, 11) is 0. The highest BCUT2D eigenvalue weighted by Gasteiger charge is 2.77. The summed E-state index contributed by atoms with van der Waals surface area (Å²) in [6.45, 7) is 0. The molecule has 0 aromatic carbocycles. The maximum Gasteiger partial charge on any atom is 0.389 e. The van der Waals surface area contributed by atoms with Crippen LogP contribution in [0.1, 0.15) is 38.5 Å². The first-order valence-electron chi connectivity index (χ1n) is 6.21. The topological polar surface area (TPSA) is 0 Å². The summed E-state index contributed by atoms with van der Waals surface area (Å²) in [5.74, 6) is -5.25. The van der Waals surface area contributed by atoms with Gasteiger partial charge in [-0.15, -0.1) is 0 Å². The van der Waals surface area contributed by atoms with Crippen molar-refractivity contribution in [2.45, 2.75) is 62.0 Å². The van der Waals surface area contributed by atoms with E-state index in [0.29, 0.717) is 0 Å². The van der Waals surface area contributed by atoms with Crippen LogP contribution in [0.15, 0.2) is 0 Å². The van der Waals surface area contributed by atoms with E-state index in [1.807, 2.05) is 0 Å². The van der Waals surface area contributed by atoms with Gasteiger partial charge in [0.2, 0.25) is 0 Å². The van der Waals surface area contributed by atoms with Crippen LogP contribution < -0.4 is 0 Å². The minimum atomic E-state index is -4.85. The Labute approximate surface area is 105 Å². The molecule has 0 saturated heterocycles. The van der Waals surface area contributed by atoms with E-state index in [0.717, 1.165) is 0 Å². The summed E-state index contributed by atoms with van der Waals surface area (Å²) in [5.41, 5.74) is -7.01. The van der Waals surface area contributed by atoms with E-state index in [-0.39, 0.29) is 0 Å². The second-order valence-electron chi connectivity index (χ2n) is 6.63. The van der Waals surface area contributed by atoms with Crippen LogP contribution in [0.25, 0.3) is 0 Å². The minimum absolute atomic E-state index is 0.523. The molecule has 19 heavy (non-hydrogen) atoms. The largest absolute Gasteiger partial charge is 0.389 e. The van der Waals surface area contributed by atoms with Crippen molar-refractivity contribution in [3.05, 3.63) is 0 Å². The average Bonchev–Trinajstić information content (AvgIpc) is 2.06. The number of hydrogen-bond donors (Lipinski definition) is 0. The molecule has 7 heteroatoms. The van der Waals surface area contributed by atoms with E-state index >= 15 is 0 Å². The molecule has 0 radical (unpaired) electrons. The van der Waals surface area contributed by atoms with Gasteiger partial charge >= 0.3 is 6.18 Å². The molecule has 0 nitrogen and oxygen atoms in total. The number of hydrogen-bond acceptors (Lipinski definition) is 0. The van der Waals surface area contributed by atoms with E-state index in [9.17, 15) is 30.7 Å². The van der Waals surface area contributed by atoms with E-state index in [4.69, 9.17) is 0 Å². The van der Waals surface area contributed by atoms with Crippen molar-refractivity contribution in [1.82, 2.24) is 0 Å². The van der Waals surface area contributed by atoms with Crippen LogP contribution in [0.3, 0.4) is 0 Å². The zero-order valence-electron chi connectivity index (χ0n) is 9.97. The third-order valence-electron chi connectivity index (χ3n) is 4.93. The van der Waals surface area contributed by atoms with Crippen molar-refractivity contribution in [2.24, 2.45) is 11.3 Å². The minimum Gasteiger partial charge on any atom is -0.244 e. The number of rotatable bonds is 1.